The molecule has 0 spiro atoms. The molecule has 0 unspecified atom stereocenters. The van der Waals surface area contributed by atoms with Crippen molar-refractivity contribution in [1.82, 2.24) is 5.32 Å². The number of sulfonamides is 1. The van der Waals surface area contributed by atoms with Gasteiger partial charge in [0.25, 0.3) is 0 Å². The number of nitrogens with one attached hydrogen (secondary N) is 1. The summed E-state index contributed by atoms with van der Waals surface area (Å²) >= 11 is 6.12. The van der Waals surface area contributed by atoms with E-state index in [0.29, 0.717) is 18.0 Å². The molecule has 0 saturated carbocycles. The van der Waals surface area contributed by atoms with Crippen LogP contribution < -0.4 is 14.4 Å². The van der Waals surface area contributed by atoms with Crippen molar-refractivity contribution in [3.8, 4) is 5.75 Å². The number of halogens is 1. The van der Waals surface area contributed by atoms with E-state index in [-0.39, 0.29) is 10.9 Å². The van der Waals surface area contributed by atoms with Crippen LogP contribution in [0.4, 0.5) is 5.69 Å². The van der Waals surface area contributed by atoms with Gasteiger partial charge in [0.05, 0.1) is 24.1 Å². The molecular weight excluding hydrogens is 376 g/mol. The number of carbonyl (C=O) groups excluding carboxylic acids is 1. The molecule has 1 aromatic rings. The summed E-state index contributed by atoms with van der Waals surface area (Å²) in [5.41, 5.74) is 1.51. The van der Waals surface area contributed by atoms with Crippen LogP contribution in [-0.4, -0.2) is 40.3 Å². The molecule has 0 aromatic heterocycles. The number of hydrogen-bond acceptors (Lipinski definition) is 4. The summed E-state index contributed by atoms with van der Waals surface area (Å²) in [4.78, 5) is 12.6. The first-order chi connectivity index (χ1) is 12.2. The molecule has 1 N–H and O–H groups in total. The van der Waals surface area contributed by atoms with Gasteiger partial charge in [0, 0.05) is 6.54 Å². The molecule has 1 atom stereocenters. The first-order valence-electron chi connectivity index (χ1n) is 8.52. The number of methoxy groups -OCH3 is 1. The van der Waals surface area contributed by atoms with E-state index in [9.17, 15) is 13.2 Å². The van der Waals surface area contributed by atoms with Gasteiger partial charge in [-0.1, -0.05) is 23.3 Å². The van der Waals surface area contributed by atoms with Gasteiger partial charge >= 0.3 is 0 Å². The van der Waals surface area contributed by atoms with E-state index in [1.54, 1.807) is 19.1 Å². The molecule has 6 nitrogen and oxygen atoms in total. The third-order valence-corrected chi connectivity index (χ3v) is 5.89. The van der Waals surface area contributed by atoms with Gasteiger partial charge in [-0.3, -0.25) is 9.10 Å². The predicted molar refractivity (Wildman–Crippen MR) is 104 cm³/mol. The van der Waals surface area contributed by atoms with Gasteiger partial charge in [-0.2, -0.15) is 0 Å². The van der Waals surface area contributed by atoms with E-state index in [1.165, 1.54) is 25.2 Å². The van der Waals surface area contributed by atoms with Crippen molar-refractivity contribution >= 4 is 33.2 Å². The van der Waals surface area contributed by atoms with Crippen LogP contribution in [0.2, 0.25) is 5.02 Å². The number of rotatable bonds is 7. The van der Waals surface area contributed by atoms with Crippen molar-refractivity contribution in [1.29, 1.82) is 0 Å². The van der Waals surface area contributed by atoms with Gasteiger partial charge in [0.2, 0.25) is 15.9 Å². The standard InChI is InChI=1S/C18H25ClN2O4S/c1-13(18(22)20-12-14-7-5-4-6-8-14)21(26(3,23)24)15-9-10-17(25-2)16(19)11-15/h7,9-11,13H,4-6,8,12H2,1-3H3,(H,20,22)/t13-/m1/s1. The largest absolute Gasteiger partial charge is 0.495 e. The first kappa shape index (κ1) is 20.6. The Morgan fingerprint density at radius 1 is 1.38 bits per heavy atom. The molecule has 1 aliphatic carbocycles. The maximum atomic E-state index is 12.6. The lowest BCUT2D eigenvalue weighted by molar-refractivity contribution is -0.121. The minimum atomic E-state index is -3.68. The van der Waals surface area contributed by atoms with Crippen LogP contribution in [0.5, 0.6) is 5.75 Å². The number of hydrogen-bond donors (Lipinski definition) is 1. The van der Waals surface area contributed by atoms with E-state index < -0.39 is 16.1 Å². The number of ether oxygens (including phenoxy) is 1. The highest BCUT2D eigenvalue weighted by Crippen LogP contribution is 2.31. The first-order valence-corrected chi connectivity index (χ1v) is 10.7. The lowest BCUT2D eigenvalue weighted by atomic mass is 10.00. The summed E-state index contributed by atoms with van der Waals surface area (Å²) in [7, 11) is -2.21. The molecule has 0 aliphatic heterocycles. The number of carbonyl (C=O) groups is 1. The van der Waals surface area contributed by atoms with Crippen LogP contribution in [0.25, 0.3) is 0 Å². The molecule has 0 heterocycles. The number of amides is 1. The van der Waals surface area contributed by atoms with Gasteiger partial charge in [0.15, 0.2) is 0 Å². The molecular formula is C18H25ClN2O4S. The minimum absolute atomic E-state index is 0.276. The van der Waals surface area contributed by atoms with E-state index in [0.717, 1.165) is 29.8 Å². The lowest BCUT2D eigenvalue weighted by Gasteiger charge is -2.28. The fourth-order valence-electron chi connectivity index (χ4n) is 3.01. The Bertz CT molecular complexity index is 792. The quantitative estimate of drug-likeness (QED) is 0.713. The van der Waals surface area contributed by atoms with Crippen LogP contribution >= 0.6 is 11.6 Å². The fraction of sp³-hybridized carbons (Fsp3) is 0.500. The van der Waals surface area contributed by atoms with Crippen molar-refractivity contribution in [2.75, 3.05) is 24.2 Å². The number of anilines is 1. The zero-order valence-corrected chi connectivity index (χ0v) is 16.9. The molecule has 1 aliphatic rings. The zero-order valence-electron chi connectivity index (χ0n) is 15.3. The van der Waals surface area contributed by atoms with E-state index in [2.05, 4.69) is 11.4 Å². The second-order valence-electron chi connectivity index (χ2n) is 6.38. The third kappa shape index (κ3) is 5.14. The smallest absolute Gasteiger partial charge is 0.243 e. The summed E-state index contributed by atoms with van der Waals surface area (Å²) in [5, 5.41) is 3.12. The monoisotopic (exact) mass is 400 g/mol. The van der Waals surface area contributed by atoms with Crippen LogP contribution in [0, 0.1) is 0 Å². The van der Waals surface area contributed by atoms with E-state index in [1.807, 2.05) is 0 Å². The van der Waals surface area contributed by atoms with Crippen molar-refractivity contribution in [3.63, 3.8) is 0 Å². The summed E-state index contributed by atoms with van der Waals surface area (Å²) < 4.78 is 30.8. The van der Waals surface area contributed by atoms with Gasteiger partial charge in [0.1, 0.15) is 11.8 Å². The predicted octanol–water partition coefficient (Wildman–Crippen LogP) is 3.12. The highest BCUT2D eigenvalue weighted by molar-refractivity contribution is 7.92. The van der Waals surface area contributed by atoms with Crippen LogP contribution in [0.15, 0.2) is 29.8 Å². The Morgan fingerprint density at radius 2 is 2.12 bits per heavy atom. The molecule has 0 radical (unpaired) electrons. The molecule has 1 amide bonds. The molecule has 0 fully saturated rings. The molecule has 26 heavy (non-hydrogen) atoms. The topological polar surface area (TPSA) is 75.7 Å². The molecule has 2 rings (SSSR count). The number of nitrogens with zero attached hydrogens (tertiary/aromatic N) is 1. The van der Waals surface area contributed by atoms with Crippen molar-refractivity contribution < 1.29 is 17.9 Å². The lowest BCUT2D eigenvalue weighted by Crippen LogP contribution is -2.48. The Kier molecular flexibility index (Phi) is 6.94. The summed E-state index contributed by atoms with van der Waals surface area (Å²) in [6.07, 6.45) is 7.51. The van der Waals surface area contributed by atoms with Crippen LogP contribution in [0.1, 0.15) is 32.6 Å². The highest BCUT2D eigenvalue weighted by atomic mass is 35.5. The zero-order chi connectivity index (χ0) is 19.3. The fourth-order valence-corrected chi connectivity index (χ4v) is 4.43. The summed E-state index contributed by atoms with van der Waals surface area (Å²) in [6.45, 7) is 2.01. The second kappa shape index (κ2) is 8.77. The van der Waals surface area contributed by atoms with Crippen molar-refractivity contribution in [3.05, 3.63) is 34.9 Å². The average molecular weight is 401 g/mol. The molecule has 0 bridgehead atoms. The second-order valence-corrected chi connectivity index (χ2v) is 8.65. The average Bonchev–Trinajstić information content (AvgIpc) is 2.59. The number of allylic oxidation sites excluding steroid dienone is 1. The van der Waals surface area contributed by atoms with Gasteiger partial charge in [-0.05, 0) is 50.8 Å². The Balaban J connectivity index is 2.19. The minimum Gasteiger partial charge on any atom is -0.495 e. The molecule has 8 heteroatoms. The highest BCUT2D eigenvalue weighted by Gasteiger charge is 2.29. The molecule has 0 saturated heterocycles. The van der Waals surface area contributed by atoms with Gasteiger partial charge in [-0.15, -0.1) is 0 Å². The Hall–Kier alpha value is -1.73. The summed E-state index contributed by atoms with van der Waals surface area (Å²) in [6, 6.07) is 3.72. The van der Waals surface area contributed by atoms with E-state index >= 15 is 0 Å². The van der Waals surface area contributed by atoms with Crippen molar-refractivity contribution in [2.24, 2.45) is 0 Å². The maximum Gasteiger partial charge on any atom is 0.243 e. The van der Waals surface area contributed by atoms with Gasteiger partial charge < -0.3 is 10.1 Å². The van der Waals surface area contributed by atoms with Crippen molar-refractivity contribution in [2.45, 2.75) is 38.6 Å². The molecule has 1 aromatic carbocycles. The van der Waals surface area contributed by atoms with Gasteiger partial charge in [-0.25, -0.2) is 8.42 Å². The normalized spacial score (nSPS) is 15.8. The van der Waals surface area contributed by atoms with E-state index in [4.69, 9.17) is 16.3 Å². The Morgan fingerprint density at radius 3 is 2.65 bits per heavy atom. The SMILES string of the molecule is COc1ccc(N([C@H](C)C(=O)NCC2=CCCCC2)S(C)(=O)=O)cc1Cl. The maximum absolute atomic E-state index is 12.6. The Labute approximate surface area is 160 Å². The molecule has 144 valence electrons. The third-order valence-electron chi connectivity index (χ3n) is 4.35. The summed E-state index contributed by atoms with van der Waals surface area (Å²) in [5.74, 6) is 0.0825. The number of benzene rings is 1. The van der Waals surface area contributed by atoms with Crippen LogP contribution in [0.3, 0.4) is 0 Å². The van der Waals surface area contributed by atoms with Crippen LogP contribution in [-0.2, 0) is 14.8 Å².